The molecule has 0 bridgehead atoms. The first-order valence-corrected chi connectivity index (χ1v) is 12.6. The van der Waals surface area contributed by atoms with Gasteiger partial charge in [-0.15, -0.1) is 0 Å². The standard InChI is InChI=1S/C30H31N3O5/c1-3-35-25-12-9-23(10-13-25)17-33(18-24-11-14-27-28(15-24)38-21-37-27)19-29-31-26(20-36-29)30(34)32(2)16-22-7-5-4-6-8-22/h4-15,20H,3,16-19,21H2,1-2H3. The average Bonchev–Trinajstić information content (AvgIpc) is 3.59. The number of nitrogens with zero attached hydrogens (tertiary/aromatic N) is 3. The molecule has 0 N–H and O–H groups in total. The highest BCUT2D eigenvalue weighted by atomic mass is 16.7. The van der Waals surface area contributed by atoms with Gasteiger partial charge in [-0.1, -0.05) is 48.5 Å². The summed E-state index contributed by atoms with van der Waals surface area (Å²) in [5, 5.41) is 0. The summed E-state index contributed by atoms with van der Waals surface area (Å²) in [6.07, 6.45) is 1.44. The number of fused-ring (bicyclic) bond motifs is 1. The molecule has 38 heavy (non-hydrogen) atoms. The second-order valence-corrected chi connectivity index (χ2v) is 9.18. The summed E-state index contributed by atoms with van der Waals surface area (Å²) < 4.78 is 22.3. The molecule has 0 fully saturated rings. The van der Waals surface area contributed by atoms with Gasteiger partial charge in [0.2, 0.25) is 12.7 Å². The number of hydrogen-bond acceptors (Lipinski definition) is 7. The van der Waals surface area contributed by atoms with Crippen molar-refractivity contribution in [3.05, 3.63) is 107 Å². The second kappa shape index (κ2) is 11.8. The molecule has 0 atom stereocenters. The molecule has 8 nitrogen and oxygen atoms in total. The van der Waals surface area contributed by atoms with Gasteiger partial charge in [-0.25, -0.2) is 4.98 Å². The van der Waals surface area contributed by atoms with Crippen LogP contribution in [0.25, 0.3) is 0 Å². The van der Waals surface area contributed by atoms with Gasteiger partial charge in [-0.2, -0.15) is 0 Å². The minimum absolute atomic E-state index is 0.183. The predicted molar refractivity (Wildman–Crippen MR) is 142 cm³/mol. The van der Waals surface area contributed by atoms with Crippen molar-refractivity contribution in [2.24, 2.45) is 0 Å². The Morgan fingerprint density at radius 1 is 0.868 bits per heavy atom. The topological polar surface area (TPSA) is 77.3 Å². The minimum Gasteiger partial charge on any atom is -0.494 e. The summed E-state index contributed by atoms with van der Waals surface area (Å²) in [6.45, 7) is 5.04. The Morgan fingerprint density at radius 2 is 1.58 bits per heavy atom. The van der Waals surface area contributed by atoms with E-state index in [2.05, 4.69) is 22.0 Å². The number of rotatable bonds is 11. The maximum atomic E-state index is 13.0. The van der Waals surface area contributed by atoms with E-state index in [1.807, 2.05) is 67.6 Å². The first-order chi connectivity index (χ1) is 18.6. The molecule has 2 heterocycles. The SMILES string of the molecule is CCOc1ccc(CN(Cc2ccc3c(c2)OCO3)Cc2nc(C(=O)N(C)Cc3ccccc3)co2)cc1. The van der Waals surface area contributed by atoms with Crippen LogP contribution in [0.2, 0.25) is 0 Å². The van der Waals surface area contributed by atoms with Crippen molar-refractivity contribution in [1.82, 2.24) is 14.8 Å². The normalized spacial score (nSPS) is 12.1. The largest absolute Gasteiger partial charge is 0.494 e. The average molecular weight is 514 g/mol. The van der Waals surface area contributed by atoms with Crippen LogP contribution < -0.4 is 14.2 Å². The fraction of sp³-hybridized carbons (Fsp3) is 0.267. The smallest absolute Gasteiger partial charge is 0.275 e. The van der Waals surface area contributed by atoms with E-state index in [0.29, 0.717) is 44.4 Å². The Hall–Kier alpha value is -4.30. The number of aromatic nitrogens is 1. The molecule has 8 heteroatoms. The van der Waals surface area contributed by atoms with E-state index < -0.39 is 0 Å². The van der Waals surface area contributed by atoms with Gasteiger partial charge >= 0.3 is 0 Å². The Bertz CT molecular complexity index is 1350. The third-order valence-corrected chi connectivity index (χ3v) is 6.22. The van der Waals surface area contributed by atoms with Crippen molar-refractivity contribution < 1.29 is 23.4 Å². The molecular weight excluding hydrogens is 482 g/mol. The lowest BCUT2D eigenvalue weighted by Crippen LogP contribution is -2.26. The molecule has 0 spiro atoms. The molecular formula is C30H31N3O5. The van der Waals surface area contributed by atoms with E-state index in [9.17, 15) is 4.79 Å². The third-order valence-electron chi connectivity index (χ3n) is 6.22. The molecule has 1 amide bonds. The van der Waals surface area contributed by atoms with Crippen LogP contribution in [0.1, 0.15) is 40.0 Å². The first-order valence-electron chi connectivity index (χ1n) is 12.6. The van der Waals surface area contributed by atoms with E-state index >= 15 is 0 Å². The Morgan fingerprint density at radius 3 is 2.37 bits per heavy atom. The van der Waals surface area contributed by atoms with Crippen molar-refractivity contribution >= 4 is 5.91 Å². The maximum Gasteiger partial charge on any atom is 0.275 e. The molecule has 196 valence electrons. The monoisotopic (exact) mass is 513 g/mol. The van der Waals surface area contributed by atoms with E-state index in [-0.39, 0.29) is 12.7 Å². The number of carbonyl (C=O) groups excluding carboxylic acids is 1. The van der Waals surface area contributed by atoms with Crippen LogP contribution in [0.3, 0.4) is 0 Å². The zero-order valence-electron chi connectivity index (χ0n) is 21.6. The highest BCUT2D eigenvalue weighted by Crippen LogP contribution is 2.33. The summed E-state index contributed by atoms with van der Waals surface area (Å²) in [5.41, 5.74) is 3.55. The van der Waals surface area contributed by atoms with Crippen molar-refractivity contribution in [3.63, 3.8) is 0 Å². The molecule has 0 saturated heterocycles. The van der Waals surface area contributed by atoms with Crippen LogP contribution >= 0.6 is 0 Å². The summed E-state index contributed by atoms with van der Waals surface area (Å²) in [5.74, 6) is 2.64. The van der Waals surface area contributed by atoms with Gasteiger partial charge in [0.15, 0.2) is 17.2 Å². The minimum atomic E-state index is -0.183. The van der Waals surface area contributed by atoms with Crippen LogP contribution in [-0.4, -0.2) is 41.1 Å². The number of oxazole rings is 1. The molecule has 1 aliphatic rings. The van der Waals surface area contributed by atoms with Gasteiger partial charge in [0.25, 0.3) is 5.91 Å². The number of ether oxygens (including phenoxy) is 3. The zero-order valence-corrected chi connectivity index (χ0v) is 21.6. The van der Waals surface area contributed by atoms with Crippen molar-refractivity contribution in [2.75, 3.05) is 20.4 Å². The van der Waals surface area contributed by atoms with E-state index in [0.717, 1.165) is 33.9 Å². The molecule has 0 radical (unpaired) electrons. The summed E-state index contributed by atoms with van der Waals surface area (Å²) in [6, 6.07) is 23.9. The van der Waals surface area contributed by atoms with E-state index in [4.69, 9.17) is 18.6 Å². The number of amides is 1. The summed E-state index contributed by atoms with van der Waals surface area (Å²) >= 11 is 0. The highest BCUT2D eigenvalue weighted by Gasteiger charge is 2.20. The number of benzene rings is 3. The second-order valence-electron chi connectivity index (χ2n) is 9.18. The van der Waals surface area contributed by atoms with Crippen molar-refractivity contribution in [2.45, 2.75) is 33.1 Å². The Labute approximate surface area is 222 Å². The van der Waals surface area contributed by atoms with Gasteiger partial charge in [0.05, 0.1) is 13.2 Å². The molecule has 1 aromatic heterocycles. The molecule has 5 rings (SSSR count). The zero-order chi connectivity index (χ0) is 26.3. The lowest BCUT2D eigenvalue weighted by molar-refractivity contribution is 0.0779. The Kier molecular flexibility index (Phi) is 7.89. The molecule has 0 saturated carbocycles. The van der Waals surface area contributed by atoms with Crippen molar-refractivity contribution in [1.29, 1.82) is 0 Å². The lowest BCUT2D eigenvalue weighted by atomic mass is 10.1. The van der Waals surface area contributed by atoms with Crippen LogP contribution in [0.15, 0.2) is 83.5 Å². The van der Waals surface area contributed by atoms with Crippen LogP contribution in [0.5, 0.6) is 17.2 Å². The summed E-state index contributed by atoms with van der Waals surface area (Å²) in [7, 11) is 1.77. The lowest BCUT2D eigenvalue weighted by Gasteiger charge is -2.21. The first kappa shape index (κ1) is 25.4. The molecule has 3 aromatic carbocycles. The summed E-state index contributed by atoms with van der Waals surface area (Å²) in [4.78, 5) is 21.4. The van der Waals surface area contributed by atoms with Gasteiger partial charge in [-0.05, 0) is 47.9 Å². The van der Waals surface area contributed by atoms with Gasteiger partial charge in [0, 0.05) is 26.7 Å². The van der Waals surface area contributed by atoms with Crippen LogP contribution in [-0.2, 0) is 26.2 Å². The highest BCUT2D eigenvalue weighted by molar-refractivity contribution is 5.91. The van der Waals surface area contributed by atoms with Gasteiger partial charge in [-0.3, -0.25) is 9.69 Å². The fourth-order valence-electron chi connectivity index (χ4n) is 4.38. The maximum absolute atomic E-state index is 13.0. The van der Waals surface area contributed by atoms with Gasteiger partial charge < -0.3 is 23.5 Å². The molecule has 1 aliphatic heterocycles. The Balaban J connectivity index is 1.30. The van der Waals surface area contributed by atoms with Crippen molar-refractivity contribution in [3.8, 4) is 17.2 Å². The van der Waals surface area contributed by atoms with Crippen LogP contribution in [0, 0.1) is 0 Å². The predicted octanol–water partition coefficient (Wildman–Crippen LogP) is 5.28. The fourth-order valence-corrected chi connectivity index (χ4v) is 4.38. The molecule has 0 unspecified atom stereocenters. The quantitative estimate of drug-likeness (QED) is 0.270. The molecule has 4 aromatic rings. The van der Waals surface area contributed by atoms with Crippen LogP contribution in [0.4, 0.5) is 0 Å². The number of hydrogen-bond donors (Lipinski definition) is 0. The van der Waals surface area contributed by atoms with E-state index in [1.54, 1.807) is 11.9 Å². The third kappa shape index (κ3) is 6.33. The molecule has 0 aliphatic carbocycles. The number of carbonyl (C=O) groups is 1. The van der Waals surface area contributed by atoms with E-state index in [1.165, 1.54) is 6.26 Å². The van der Waals surface area contributed by atoms with Gasteiger partial charge in [0.1, 0.15) is 12.0 Å².